The Bertz CT molecular complexity index is 1580. The van der Waals surface area contributed by atoms with Crippen molar-refractivity contribution in [2.75, 3.05) is 0 Å². The van der Waals surface area contributed by atoms with Crippen molar-refractivity contribution in [1.29, 1.82) is 0 Å². The van der Waals surface area contributed by atoms with Crippen molar-refractivity contribution in [1.82, 2.24) is 4.57 Å². The first-order valence-electron chi connectivity index (χ1n) is 10.6. The summed E-state index contributed by atoms with van der Waals surface area (Å²) in [5, 5.41) is 10.6. The first-order chi connectivity index (χ1) is 15.9. The summed E-state index contributed by atoms with van der Waals surface area (Å²) in [6.07, 6.45) is -5.28. The van der Waals surface area contributed by atoms with Crippen LogP contribution in [0.1, 0.15) is 35.3 Å². The first-order valence-corrected chi connectivity index (χ1v) is 10.6. The number of aromatic nitrogens is 1. The van der Waals surface area contributed by atoms with E-state index in [0.717, 1.165) is 26.8 Å². The number of rotatable bonds is 2. The number of fused-ring (bicyclic) bond motifs is 4. The quantitative estimate of drug-likeness (QED) is 0.373. The summed E-state index contributed by atoms with van der Waals surface area (Å²) >= 11 is 0. The normalized spacial score (nSPS) is 14.2. The van der Waals surface area contributed by atoms with Gasteiger partial charge in [-0.15, -0.1) is 0 Å². The van der Waals surface area contributed by atoms with Crippen LogP contribution < -0.4 is 5.56 Å². The van der Waals surface area contributed by atoms with Gasteiger partial charge in [0.25, 0.3) is 11.3 Å². The molecule has 172 valence electrons. The van der Waals surface area contributed by atoms with E-state index in [1.54, 1.807) is 12.1 Å². The number of carbonyl (C=O) groups is 1. The van der Waals surface area contributed by atoms with Crippen molar-refractivity contribution < 1.29 is 23.1 Å². The number of aromatic hydroxyl groups is 1. The number of hydrogen-bond donors (Lipinski definition) is 1. The summed E-state index contributed by atoms with van der Waals surface area (Å²) in [5.74, 6) is -3.33. The Morgan fingerprint density at radius 2 is 1.53 bits per heavy atom. The smallest absolute Gasteiger partial charge is 0.455 e. The standard InChI is InChI=1S/C27H20F3NO3/c1-26(2)19-7-5-4-6-16(19)17-10-8-15(13-20(17)26)14-9-11-21-18(12-14)23(32)22(25(34)31(21)3)24(33)27(28,29)30/h4-13,32H,1-3H3. The Morgan fingerprint density at radius 1 is 0.912 bits per heavy atom. The number of ketones is 1. The maximum atomic E-state index is 13.1. The summed E-state index contributed by atoms with van der Waals surface area (Å²) in [6, 6.07) is 19.0. The number of benzene rings is 3. The topological polar surface area (TPSA) is 59.3 Å². The van der Waals surface area contributed by atoms with Crippen LogP contribution in [-0.4, -0.2) is 21.6 Å². The molecule has 0 amide bonds. The predicted molar refractivity (Wildman–Crippen MR) is 124 cm³/mol. The zero-order valence-corrected chi connectivity index (χ0v) is 18.6. The number of carbonyl (C=O) groups excluding carboxylic acids is 1. The fourth-order valence-electron chi connectivity index (χ4n) is 4.94. The van der Waals surface area contributed by atoms with E-state index < -0.39 is 28.8 Å². The number of alkyl halides is 3. The average molecular weight is 463 g/mol. The number of pyridine rings is 1. The van der Waals surface area contributed by atoms with E-state index in [9.17, 15) is 27.9 Å². The summed E-state index contributed by atoms with van der Waals surface area (Å²) in [5.41, 5.74) is 3.56. The molecule has 0 unspecified atom stereocenters. The molecule has 0 fully saturated rings. The van der Waals surface area contributed by atoms with Crippen LogP contribution >= 0.6 is 0 Å². The molecule has 1 aromatic heterocycles. The van der Waals surface area contributed by atoms with Gasteiger partial charge in [0, 0.05) is 17.8 Å². The van der Waals surface area contributed by atoms with E-state index in [4.69, 9.17) is 0 Å². The van der Waals surface area contributed by atoms with Crippen LogP contribution in [0.2, 0.25) is 0 Å². The number of aryl methyl sites for hydroxylation is 1. The van der Waals surface area contributed by atoms with Gasteiger partial charge >= 0.3 is 6.18 Å². The highest BCUT2D eigenvalue weighted by Crippen LogP contribution is 2.49. The van der Waals surface area contributed by atoms with E-state index >= 15 is 0 Å². The van der Waals surface area contributed by atoms with Gasteiger partial charge < -0.3 is 9.67 Å². The van der Waals surface area contributed by atoms with E-state index in [1.165, 1.54) is 18.7 Å². The number of nitrogens with zero attached hydrogens (tertiary/aromatic N) is 1. The molecular formula is C27H20F3NO3. The molecule has 34 heavy (non-hydrogen) atoms. The lowest BCUT2D eigenvalue weighted by Crippen LogP contribution is -2.32. The number of Topliss-reactive ketones (excluding diaryl/α,β-unsaturated/α-hetero) is 1. The molecule has 1 aliphatic rings. The highest BCUT2D eigenvalue weighted by Gasteiger charge is 2.43. The van der Waals surface area contributed by atoms with Gasteiger partial charge in [-0.3, -0.25) is 9.59 Å². The largest absolute Gasteiger partial charge is 0.506 e. The highest BCUT2D eigenvalue weighted by molar-refractivity contribution is 6.06. The third-order valence-corrected chi connectivity index (χ3v) is 6.77. The minimum Gasteiger partial charge on any atom is -0.506 e. The molecule has 0 saturated carbocycles. The molecule has 7 heteroatoms. The van der Waals surface area contributed by atoms with Crippen LogP contribution in [-0.2, 0) is 12.5 Å². The maximum absolute atomic E-state index is 13.1. The highest BCUT2D eigenvalue weighted by atomic mass is 19.4. The van der Waals surface area contributed by atoms with Gasteiger partial charge in [0.2, 0.25) is 0 Å². The molecule has 4 nitrogen and oxygen atoms in total. The second kappa shape index (κ2) is 7.06. The molecule has 0 bridgehead atoms. The fourth-order valence-corrected chi connectivity index (χ4v) is 4.94. The maximum Gasteiger partial charge on any atom is 0.455 e. The average Bonchev–Trinajstić information content (AvgIpc) is 3.03. The SMILES string of the molecule is Cn1c(=O)c(C(=O)C(F)(F)F)c(O)c2cc(-c3ccc4c(c3)C(C)(C)c3ccccc3-4)ccc21. The molecule has 3 aromatic carbocycles. The molecule has 1 N–H and O–H groups in total. The molecule has 0 saturated heterocycles. The van der Waals surface area contributed by atoms with Crippen molar-refractivity contribution in [3.8, 4) is 28.0 Å². The van der Waals surface area contributed by atoms with Gasteiger partial charge in [0.1, 0.15) is 11.3 Å². The Labute approximate surface area is 192 Å². The Kier molecular flexibility index (Phi) is 4.56. The number of hydrogen-bond acceptors (Lipinski definition) is 3. The molecule has 4 aromatic rings. The molecule has 1 heterocycles. The van der Waals surface area contributed by atoms with Crippen molar-refractivity contribution in [3.05, 3.63) is 87.7 Å². The van der Waals surface area contributed by atoms with Crippen LogP contribution in [0, 0.1) is 0 Å². The van der Waals surface area contributed by atoms with Gasteiger partial charge in [-0.05, 0) is 51.6 Å². The molecule has 0 spiro atoms. The van der Waals surface area contributed by atoms with Crippen molar-refractivity contribution >= 4 is 16.7 Å². The van der Waals surface area contributed by atoms with Gasteiger partial charge in [-0.2, -0.15) is 13.2 Å². The Morgan fingerprint density at radius 3 is 2.24 bits per heavy atom. The van der Waals surface area contributed by atoms with Gasteiger partial charge in [-0.1, -0.05) is 56.3 Å². The zero-order chi connectivity index (χ0) is 24.6. The molecule has 0 atom stereocenters. The molecule has 5 rings (SSSR count). The summed E-state index contributed by atoms with van der Waals surface area (Å²) < 4.78 is 40.2. The van der Waals surface area contributed by atoms with Crippen LogP contribution in [0.15, 0.2) is 65.5 Å². The second-order valence-corrected chi connectivity index (χ2v) is 9.08. The van der Waals surface area contributed by atoms with Gasteiger partial charge in [-0.25, -0.2) is 0 Å². The van der Waals surface area contributed by atoms with Crippen LogP contribution in [0.25, 0.3) is 33.2 Å². The lowest BCUT2D eigenvalue weighted by molar-refractivity contribution is -0.0887. The molecule has 1 aliphatic carbocycles. The number of halogens is 3. The van der Waals surface area contributed by atoms with E-state index in [2.05, 4.69) is 26.0 Å². The second-order valence-electron chi connectivity index (χ2n) is 9.08. The van der Waals surface area contributed by atoms with Crippen molar-refractivity contribution in [2.45, 2.75) is 25.4 Å². The minimum atomic E-state index is -5.28. The van der Waals surface area contributed by atoms with Gasteiger partial charge in [0.15, 0.2) is 0 Å². The predicted octanol–water partition coefficient (Wildman–Crippen LogP) is 5.96. The Hall–Kier alpha value is -3.87. The van der Waals surface area contributed by atoms with Gasteiger partial charge in [0.05, 0.1) is 5.52 Å². The summed E-state index contributed by atoms with van der Waals surface area (Å²) in [4.78, 5) is 24.3. The van der Waals surface area contributed by atoms with E-state index in [1.807, 2.05) is 30.3 Å². The van der Waals surface area contributed by atoms with Crippen LogP contribution in [0.5, 0.6) is 5.75 Å². The monoisotopic (exact) mass is 463 g/mol. The Balaban J connectivity index is 1.71. The minimum absolute atomic E-state index is 0.00440. The third-order valence-electron chi connectivity index (χ3n) is 6.77. The van der Waals surface area contributed by atoms with E-state index in [0.29, 0.717) is 5.56 Å². The zero-order valence-electron chi connectivity index (χ0n) is 18.6. The van der Waals surface area contributed by atoms with Crippen molar-refractivity contribution in [3.63, 3.8) is 0 Å². The molecule has 0 aliphatic heterocycles. The van der Waals surface area contributed by atoms with Crippen LogP contribution in [0.3, 0.4) is 0 Å². The van der Waals surface area contributed by atoms with E-state index in [-0.39, 0.29) is 16.3 Å². The first kappa shape index (κ1) is 21.9. The fraction of sp³-hybridized carbons (Fsp3) is 0.185. The summed E-state index contributed by atoms with van der Waals surface area (Å²) in [7, 11) is 1.27. The third kappa shape index (κ3) is 3.00. The molecular weight excluding hydrogens is 443 g/mol. The lowest BCUT2D eigenvalue weighted by Gasteiger charge is -2.22. The van der Waals surface area contributed by atoms with Crippen molar-refractivity contribution in [2.24, 2.45) is 7.05 Å². The van der Waals surface area contributed by atoms with Crippen LogP contribution in [0.4, 0.5) is 13.2 Å². The lowest BCUT2D eigenvalue weighted by atomic mass is 9.81. The molecule has 0 radical (unpaired) electrons. The summed E-state index contributed by atoms with van der Waals surface area (Å²) in [6.45, 7) is 4.27.